The molecule has 1 aromatic rings. The molecule has 9 heteroatoms. The van der Waals surface area contributed by atoms with Crippen LogP contribution in [0.4, 0.5) is 5.69 Å². The molecule has 8 nitrogen and oxygen atoms in total. The topological polar surface area (TPSA) is 124 Å². The van der Waals surface area contributed by atoms with Crippen LogP contribution in [0.25, 0.3) is 0 Å². The fourth-order valence-corrected chi connectivity index (χ4v) is 1.49. The zero-order valence-electron chi connectivity index (χ0n) is 8.48. The van der Waals surface area contributed by atoms with Crippen LogP contribution in [0, 0.1) is 17.0 Å². The predicted molar refractivity (Wildman–Crippen MR) is 54.8 cm³/mol. The third kappa shape index (κ3) is 3.23. The van der Waals surface area contributed by atoms with Gasteiger partial charge in [-0.1, -0.05) is 12.1 Å². The molecular weight excluding hydrogens is 254 g/mol. The highest BCUT2D eigenvalue weighted by molar-refractivity contribution is 7.81. The van der Waals surface area contributed by atoms with Crippen molar-refractivity contribution in [3.8, 4) is 0 Å². The van der Waals surface area contributed by atoms with Crippen LogP contribution in [0.1, 0.15) is 15.9 Å². The fraction of sp³-hybridized carbons (Fsp3) is 0.125. The molecule has 92 valence electrons. The van der Waals surface area contributed by atoms with E-state index in [2.05, 4.69) is 4.18 Å². The van der Waals surface area contributed by atoms with E-state index >= 15 is 0 Å². The number of carbonyl (C=O) groups is 1. The first-order chi connectivity index (χ1) is 7.72. The van der Waals surface area contributed by atoms with Gasteiger partial charge in [-0.15, -0.1) is 0 Å². The number of nitrogens with zero attached hydrogens (tertiary/aromatic N) is 1. The maximum atomic E-state index is 11.3. The van der Waals surface area contributed by atoms with Crippen molar-refractivity contribution in [2.24, 2.45) is 0 Å². The molecule has 0 bridgehead atoms. The molecule has 0 amide bonds. The standard InChI is InChI=1S/C8H7NO7S/c1-5-3-2-4-6(7(5)9(11)12)8(10)16-17(13,14)15/h2-4H,1H3,(H,13,14,15). The summed E-state index contributed by atoms with van der Waals surface area (Å²) in [6, 6.07) is 3.73. The molecule has 0 radical (unpaired) electrons. The molecule has 0 fully saturated rings. The summed E-state index contributed by atoms with van der Waals surface area (Å²) < 4.78 is 32.6. The van der Waals surface area contributed by atoms with Gasteiger partial charge in [-0.05, 0) is 13.0 Å². The molecule has 0 spiro atoms. The van der Waals surface area contributed by atoms with E-state index in [-0.39, 0.29) is 5.56 Å². The molecule has 0 aliphatic carbocycles. The average Bonchev–Trinajstić information content (AvgIpc) is 2.13. The van der Waals surface area contributed by atoms with Crippen molar-refractivity contribution < 1.29 is 26.9 Å². The van der Waals surface area contributed by atoms with Gasteiger partial charge in [0.15, 0.2) is 0 Å². The van der Waals surface area contributed by atoms with E-state index < -0.39 is 32.5 Å². The highest BCUT2D eigenvalue weighted by Crippen LogP contribution is 2.23. The Labute approximate surface area is 95.9 Å². The van der Waals surface area contributed by atoms with Gasteiger partial charge in [0.25, 0.3) is 5.69 Å². The van der Waals surface area contributed by atoms with Crippen LogP contribution in [0.2, 0.25) is 0 Å². The van der Waals surface area contributed by atoms with Crippen LogP contribution in [-0.4, -0.2) is 23.9 Å². The Morgan fingerprint density at radius 1 is 1.47 bits per heavy atom. The highest BCUT2D eigenvalue weighted by Gasteiger charge is 2.26. The SMILES string of the molecule is Cc1cccc(C(=O)OS(=O)(=O)O)c1[N+](=O)[O-]. The molecule has 1 aromatic carbocycles. The van der Waals surface area contributed by atoms with Gasteiger partial charge in [0, 0.05) is 5.56 Å². The Bertz CT molecular complexity index is 578. The highest BCUT2D eigenvalue weighted by atomic mass is 32.3. The van der Waals surface area contributed by atoms with Crippen molar-refractivity contribution in [2.75, 3.05) is 0 Å². The lowest BCUT2D eigenvalue weighted by Gasteiger charge is -2.03. The van der Waals surface area contributed by atoms with E-state index in [1.54, 1.807) is 0 Å². The Kier molecular flexibility index (Phi) is 3.44. The Hall–Kier alpha value is -2.00. The van der Waals surface area contributed by atoms with Crippen LogP contribution >= 0.6 is 0 Å². The largest absolute Gasteiger partial charge is 0.449 e. The predicted octanol–water partition coefficient (Wildman–Crippen LogP) is 0.863. The summed E-state index contributed by atoms with van der Waals surface area (Å²) >= 11 is 0. The van der Waals surface area contributed by atoms with Gasteiger partial charge in [0.05, 0.1) is 4.92 Å². The maximum Gasteiger partial charge on any atom is 0.449 e. The number of para-hydroxylation sites is 1. The molecule has 0 atom stereocenters. The summed E-state index contributed by atoms with van der Waals surface area (Å²) in [7, 11) is -5.00. The van der Waals surface area contributed by atoms with Crippen molar-refractivity contribution >= 4 is 22.1 Å². The molecule has 0 saturated carbocycles. The van der Waals surface area contributed by atoms with Crippen molar-refractivity contribution in [3.05, 3.63) is 39.4 Å². The number of nitro benzene ring substituents is 1. The normalized spacial score (nSPS) is 10.9. The number of nitro groups is 1. The second kappa shape index (κ2) is 4.47. The maximum absolute atomic E-state index is 11.3. The van der Waals surface area contributed by atoms with Crippen LogP contribution in [0.15, 0.2) is 18.2 Å². The van der Waals surface area contributed by atoms with Crippen molar-refractivity contribution in [3.63, 3.8) is 0 Å². The number of hydrogen-bond donors (Lipinski definition) is 1. The first-order valence-corrected chi connectivity index (χ1v) is 5.54. The minimum Gasteiger partial charge on any atom is -0.320 e. The molecule has 0 aromatic heterocycles. The number of rotatable bonds is 3. The van der Waals surface area contributed by atoms with Crippen molar-refractivity contribution in [1.82, 2.24) is 0 Å². The van der Waals surface area contributed by atoms with Crippen molar-refractivity contribution in [1.29, 1.82) is 0 Å². The molecule has 0 aliphatic rings. The van der Waals surface area contributed by atoms with Gasteiger partial charge in [0.1, 0.15) is 5.56 Å². The number of hydrogen-bond acceptors (Lipinski definition) is 6. The van der Waals surface area contributed by atoms with Gasteiger partial charge in [-0.3, -0.25) is 14.7 Å². The summed E-state index contributed by atoms with van der Waals surface area (Å²) in [5.41, 5.74) is -0.950. The van der Waals surface area contributed by atoms with E-state index in [0.717, 1.165) is 6.07 Å². The first-order valence-electron chi connectivity index (χ1n) is 4.17. The number of benzene rings is 1. The minimum atomic E-state index is -5.00. The fourth-order valence-electron chi connectivity index (χ4n) is 1.21. The molecule has 0 heterocycles. The second-order valence-electron chi connectivity index (χ2n) is 3.03. The third-order valence-corrected chi connectivity index (χ3v) is 2.18. The van der Waals surface area contributed by atoms with Crippen molar-refractivity contribution in [2.45, 2.75) is 6.92 Å². The van der Waals surface area contributed by atoms with Gasteiger partial charge in [0.2, 0.25) is 0 Å². The molecular formula is C8H7NO7S. The summed E-state index contributed by atoms with van der Waals surface area (Å²) in [4.78, 5) is 21.1. The zero-order valence-corrected chi connectivity index (χ0v) is 9.30. The summed E-state index contributed by atoms with van der Waals surface area (Å²) in [6.07, 6.45) is 0. The molecule has 1 rings (SSSR count). The zero-order chi connectivity index (χ0) is 13.2. The molecule has 1 N–H and O–H groups in total. The average molecular weight is 261 g/mol. The van der Waals surface area contributed by atoms with E-state index in [4.69, 9.17) is 4.55 Å². The van der Waals surface area contributed by atoms with Crippen LogP contribution < -0.4 is 0 Å². The van der Waals surface area contributed by atoms with Crippen LogP contribution in [0.5, 0.6) is 0 Å². The van der Waals surface area contributed by atoms with E-state index in [1.165, 1.54) is 19.1 Å². The van der Waals surface area contributed by atoms with E-state index in [1.807, 2.05) is 0 Å². The van der Waals surface area contributed by atoms with Gasteiger partial charge in [-0.25, -0.2) is 4.79 Å². The lowest BCUT2D eigenvalue weighted by molar-refractivity contribution is -0.385. The van der Waals surface area contributed by atoms with Crippen LogP contribution in [0.3, 0.4) is 0 Å². The quantitative estimate of drug-likeness (QED) is 0.486. The molecule has 0 saturated heterocycles. The number of carbonyl (C=O) groups excluding carboxylic acids is 1. The Morgan fingerprint density at radius 3 is 2.53 bits per heavy atom. The van der Waals surface area contributed by atoms with E-state index in [0.29, 0.717) is 0 Å². The minimum absolute atomic E-state index is 0.166. The molecule has 0 unspecified atom stereocenters. The van der Waals surface area contributed by atoms with Gasteiger partial charge < -0.3 is 4.18 Å². The molecule has 0 aliphatic heterocycles. The molecule has 17 heavy (non-hydrogen) atoms. The smallest absolute Gasteiger partial charge is 0.320 e. The summed E-state index contributed by atoms with van der Waals surface area (Å²) in [6.45, 7) is 1.38. The van der Waals surface area contributed by atoms with Crippen LogP contribution in [-0.2, 0) is 14.6 Å². The lowest BCUT2D eigenvalue weighted by atomic mass is 10.1. The third-order valence-electron chi connectivity index (χ3n) is 1.82. The summed E-state index contributed by atoms with van der Waals surface area (Å²) in [5.74, 6) is -1.51. The van der Waals surface area contributed by atoms with Gasteiger partial charge in [-0.2, -0.15) is 8.42 Å². The second-order valence-corrected chi connectivity index (χ2v) is 4.05. The van der Waals surface area contributed by atoms with Gasteiger partial charge >= 0.3 is 16.4 Å². The monoisotopic (exact) mass is 261 g/mol. The summed E-state index contributed by atoms with van der Waals surface area (Å²) in [5, 5.41) is 10.7. The lowest BCUT2D eigenvalue weighted by Crippen LogP contribution is -2.14. The first kappa shape index (κ1) is 13.1. The number of aryl methyl sites for hydroxylation is 1. The Morgan fingerprint density at radius 2 is 2.06 bits per heavy atom. The Balaban J connectivity index is 3.28. The van der Waals surface area contributed by atoms with E-state index in [9.17, 15) is 23.3 Å².